The van der Waals surface area contributed by atoms with Crippen molar-refractivity contribution in [2.24, 2.45) is 0 Å². The predicted octanol–water partition coefficient (Wildman–Crippen LogP) is 4.01. The summed E-state index contributed by atoms with van der Waals surface area (Å²) in [4.78, 5) is 4.49. The molecule has 2 nitrogen and oxygen atoms in total. The van der Waals surface area contributed by atoms with Gasteiger partial charge in [-0.3, -0.25) is 0 Å². The van der Waals surface area contributed by atoms with Crippen LogP contribution in [0.5, 0.6) is 0 Å². The molecule has 1 unspecified atom stereocenters. The van der Waals surface area contributed by atoms with Gasteiger partial charge in [0.2, 0.25) is 0 Å². The van der Waals surface area contributed by atoms with Crippen LogP contribution in [-0.4, -0.2) is 9.55 Å². The first-order chi connectivity index (χ1) is 7.15. The van der Waals surface area contributed by atoms with Crippen molar-refractivity contribution in [2.75, 3.05) is 0 Å². The molecule has 4 heteroatoms. The summed E-state index contributed by atoms with van der Waals surface area (Å²) in [6.07, 6.45) is 0. The number of aromatic nitrogens is 2. The van der Waals surface area contributed by atoms with E-state index in [0.29, 0.717) is 0 Å². The van der Waals surface area contributed by atoms with Crippen molar-refractivity contribution in [3.63, 3.8) is 0 Å². The van der Waals surface area contributed by atoms with Crippen LogP contribution in [0.3, 0.4) is 0 Å². The van der Waals surface area contributed by atoms with Gasteiger partial charge in [0.25, 0.3) is 0 Å². The lowest BCUT2D eigenvalue weighted by Crippen LogP contribution is -2.02. The van der Waals surface area contributed by atoms with Crippen LogP contribution in [0.15, 0.2) is 18.2 Å². The summed E-state index contributed by atoms with van der Waals surface area (Å²) in [5.41, 5.74) is 1.89. The Morgan fingerprint density at radius 1 is 1.47 bits per heavy atom. The maximum atomic E-state index is 6.16. The van der Waals surface area contributed by atoms with Crippen LogP contribution in [0, 0.1) is 0 Å². The summed E-state index contributed by atoms with van der Waals surface area (Å²) in [6, 6.07) is 5.73. The predicted molar refractivity (Wildman–Crippen MR) is 64.7 cm³/mol. The molecule has 0 N–H and O–H groups in total. The monoisotopic (exact) mass is 242 g/mol. The molecule has 0 bridgehead atoms. The molecule has 0 aliphatic heterocycles. The molecule has 1 heterocycles. The number of hydrogen-bond acceptors (Lipinski definition) is 1. The first kappa shape index (κ1) is 10.8. The SMILES string of the molecule is CCn1c(C(C)Cl)nc2cccc(Cl)c21. The summed E-state index contributed by atoms with van der Waals surface area (Å²) < 4.78 is 2.06. The number of nitrogens with zero attached hydrogens (tertiary/aromatic N) is 2. The van der Waals surface area contributed by atoms with Gasteiger partial charge >= 0.3 is 0 Å². The van der Waals surface area contributed by atoms with Gasteiger partial charge < -0.3 is 4.57 Å². The van der Waals surface area contributed by atoms with E-state index in [4.69, 9.17) is 23.2 Å². The second-order valence-corrected chi connectivity index (χ2v) is 4.50. The Kier molecular flexibility index (Phi) is 2.89. The van der Waals surface area contributed by atoms with Crippen LogP contribution >= 0.6 is 23.2 Å². The number of imidazole rings is 1. The smallest absolute Gasteiger partial charge is 0.127 e. The highest BCUT2D eigenvalue weighted by Gasteiger charge is 2.15. The lowest BCUT2D eigenvalue weighted by atomic mass is 10.3. The van der Waals surface area contributed by atoms with Crippen molar-refractivity contribution in [3.8, 4) is 0 Å². The van der Waals surface area contributed by atoms with E-state index in [9.17, 15) is 0 Å². The fourth-order valence-corrected chi connectivity index (χ4v) is 2.22. The molecule has 0 aliphatic carbocycles. The Morgan fingerprint density at radius 2 is 2.20 bits per heavy atom. The normalized spacial score (nSPS) is 13.3. The van der Waals surface area contributed by atoms with E-state index >= 15 is 0 Å². The van der Waals surface area contributed by atoms with E-state index < -0.39 is 0 Å². The van der Waals surface area contributed by atoms with Gasteiger partial charge in [0.15, 0.2) is 0 Å². The third kappa shape index (κ3) is 1.72. The molecule has 2 aromatic rings. The second kappa shape index (κ2) is 4.03. The molecular weight excluding hydrogens is 231 g/mol. The van der Waals surface area contributed by atoms with Gasteiger partial charge in [-0.15, -0.1) is 11.6 Å². The molecule has 0 saturated heterocycles. The molecule has 15 heavy (non-hydrogen) atoms. The molecule has 1 atom stereocenters. The number of rotatable bonds is 2. The lowest BCUT2D eigenvalue weighted by molar-refractivity contribution is 0.717. The number of aryl methyl sites for hydroxylation is 1. The maximum Gasteiger partial charge on any atom is 0.127 e. The van der Waals surface area contributed by atoms with E-state index in [-0.39, 0.29) is 5.38 Å². The molecule has 0 aliphatic rings. The van der Waals surface area contributed by atoms with Crippen LogP contribution in [0.4, 0.5) is 0 Å². The van der Waals surface area contributed by atoms with Crippen molar-refractivity contribution < 1.29 is 0 Å². The Bertz CT molecular complexity index is 489. The van der Waals surface area contributed by atoms with Gasteiger partial charge in [-0.1, -0.05) is 17.7 Å². The summed E-state index contributed by atoms with van der Waals surface area (Å²) in [6.45, 7) is 4.81. The number of para-hydroxylation sites is 1. The zero-order valence-corrected chi connectivity index (χ0v) is 10.2. The van der Waals surface area contributed by atoms with Crippen molar-refractivity contribution in [1.82, 2.24) is 9.55 Å². The molecule has 1 aromatic heterocycles. The van der Waals surface area contributed by atoms with E-state index in [1.807, 2.05) is 25.1 Å². The number of benzene rings is 1. The molecular formula is C11H12Cl2N2. The molecule has 0 fully saturated rings. The van der Waals surface area contributed by atoms with E-state index in [2.05, 4.69) is 16.5 Å². The van der Waals surface area contributed by atoms with Crippen molar-refractivity contribution >= 4 is 34.2 Å². The summed E-state index contributed by atoms with van der Waals surface area (Å²) >= 11 is 12.2. The lowest BCUT2D eigenvalue weighted by Gasteiger charge is -2.07. The average Bonchev–Trinajstić information content (AvgIpc) is 2.57. The van der Waals surface area contributed by atoms with Gasteiger partial charge in [-0.05, 0) is 26.0 Å². The Morgan fingerprint density at radius 3 is 2.80 bits per heavy atom. The Balaban J connectivity index is 2.80. The quantitative estimate of drug-likeness (QED) is 0.728. The van der Waals surface area contributed by atoms with Gasteiger partial charge in [0, 0.05) is 6.54 Å². The van der Waals surface area contributed by atoms with Gasteiger partial charge in [0.05, 0.1) is 21.4 Å². The Labute approximate surface area is 98.8 Å². The number of hydrogen-bond donors (Lipinski definition) is 0. The fourth-order valence-electron chi connectivity index (χ4n) is 1.78. The minimum Gasteiger partial charge on any atom is -0.326 e. The first-order valence-electron chi connectivity index (χ1n) is 4.94. The molecule has 0 spiro atoms. The highest BCUT2D eigenvalue weighted by Crippen LogP contribution is 2.28. The first-order valence-corrected chi connectivity index (χ1v) is 5.75. The van der Waals surface area contributed by atoms with Crippen LogP contribution in [0.2, 0.25) is 5.02 Å². The summed E-state index contributed by atoms with van der Waals surface area (Å²) in [5, 5.41) is 0.624. The van der Waals surface area contributed by atoms with Crippen LogP contribution in [-0.2, 0) is 6.54 Å². The molecule has 2 rings (SSSR count). The largest absolute Gasteiger partial charge is 0.326 e. The Hall–Kier alpha value is -0.730. The number of alkyl halides is 1. The summed E-state index contributed by atoms with van der Waals surface area (Å²) in [5.74, 6) is 0.877. The zero-order chi connectivity index (χ0) is 11.0. The van der Waals surface area contributed by atoms with Crippen LogP contribution in [0.25, 0.3) is 11.0 Å². The van der Waals surface area contributed by atoms with Crippen molar-refractivity contribution in [1.29, 1.82) is 0 Å². The third-order valence-electron chi connectivity index (χ3n) is 2.42. The standard InChI is InChI=1S/C11H12Cl2N2/c1-3-15-10-8(13)5-4-6-9(10)14-11(15)7(2)12/h4-7H,3H2,1-2H3. The second-order valence-electron chi connectivity index (χ2n) is 3.44. The minimum atomic E-state index is -0.103. The van der Waals surface area contributed by atoms with Crippen LogP contribution in [0.1, 0.15) is 25.0 Å². The highest BCUT2D eigenvalue weighted by atomic mass is 35.5. The molecule has 80 valence electrons. The zero-order valence-electron chi connectivity index (χ0n) is 8.67. The van der Waals surface area contributed by atoms with E-state index in [1.165, 1.54) is 0 Å². The average molecular weight is 243 g/mol. The van der Waals surface area contributed by atoms with Gasteiger partial charge in [0.1, 0.15) is 5.82 Å². The van der Waals surface area contributed by atoms with E-state index in [1.54, 1.807) is 0 Å². The molecule has 0 radical (unpaired) electrons. The maximum absolute atomic E-state index is 6.16. The molecule has 0 saturated carbocycles. The van der Waals surface area contributed by atoms with Crippen LogP contribution < -0.4 is 0 Å². The highest BCUT2D eigenvalue weighted by molar-refractivity contribution is 6.35. The molecule has 1 aromatic carbocycles. The fraction of sp³-hybridized carbons (Fsp3) is 0.364. The third-order valence-corrected chi connectivity index (χ3v) is 2.92. The molecule has 0 amide bonds. The number of fused-ring (bicyclic) bond motifs is 1. The van der Waals surface area contributed by atoms with Crippen molar-refractivity contribution in [3.05, 3.63) is 29.0 Å². The number of halogens is 2. The minimum absolute atomic E-state index is 0.103. The topological polar surface area (TPSA) is 17.8 Å². The van der Waals surface area contributed by atoms with Crippen molar-refractivity contribution in [2.45, 2.75) is 25.8 Å². The van der Waals surface area contributed by atoms with Gasteiger partial charge in [-0.2, -0.15) is 0 Å². The van der Waals surface area contributed by atoms with E-state index in [0.717, 1.165) is 28.4 Å². The summed E-state index contributed by atoms with van der Waals surface area (Å²) in [7, 11) is 0. The van der Waals surface area contributed by atoms with Gasteiger partial charge in [-0.25, -0.2) is 4.98 Å².